The maximum absolute atomic E-state index is 12.4. The van der Waals surface area contributed by atoms with E-state index in [2.05, 4.69) is 18.3 Å². The minimum absolute atomic E-state index is 0.0389. The number of hydrogen-bond acceptors (Lipinski definition) is 4. The molecule has 0 aliphatic heterocycles. The number of nitriles is 1. The summed E-state index contributed by atoms with van der Waals surface area (Å²) in [7, 11) is 1.64. The maximum Gasteiger partial charge on any atom is 0.225 e. The average molecular weight is 369 g/mol. The first kappa shape index (κ1) is 18.5. The number of aryl methyl sites for hydroxylation is 1. The third-order valence-corrected chi connectivity index (χ3v) is 6.28. The van der Waals surface area contributed by atoms with Crippen molar-refractivity contribution in [2.75, 3.05) is 12.4 Å². The molecule has 2 aromatic rings. The Morgan fingerprint density at radius 1 is 1.38 bits per heavy atom. The lowest BCUT2D eigenvalue weighted by Crippen LogP contribution is -2.13. The molecule has 1 heterocycles. The number of benzene rings is 1. The van der Waals surface area contributed by atoms with Gasteiger partial charge in [-0.25, -0.2) is 0 Å². The summed E-state index contributed by atoms with van der Waals surface area (Å²) in [5.74, 6) is 1.47. The van der Waals surface area contributed by atoms with Gasteiger partial charge in [0.1, 0.15) is 16.8 Å². The van der Waals surface area contributed by atoms with Gasteiger partial charge in [-0.05, 0) is 54.9 Å². The lowest BCUT2D eigenvalue weighted by atomic mass is 9.86. The number of thiophene rings is 1. The molecule has 0 bridgehead atoms. The molecule has 0 spiro atoms. The van der Waals surface area contributed by atoms with Crippen molar-refractivity contribution in [3.05, 3.63) is 45.8 Å². The van der Waals surface area contributed by atoms with Crippen LogP contribution >= 0.6 is 11.3 Å². The predicted octanol–water partition coefficient (Wildman–Crippen LogP) is 4.71. The van der Waals surface area contributed by atoms with Crippen LogP contribution in [0, 0.1) is 17.2 Å². The van der Waals surface area contributed by atoms with Crippen molar-refractivity contribution >= 4 is 22.2 Å². The lowest BCUT2D eigenvalue weighted by molar-refractivity contribution is -0.116. The predicted molar refractivity (Wildman–Crippen MR) is 105 cm³/mol. The second-order valence-electron chi connectivity index (χ2n) is 6.73. The standard InChI is InChI=1S/C21H24N2O2S/c1-3-14-6-10-17-18(13-22)21(26-19(17)12-14)23-20(24)11-7-15-4-8-16(25-2)9-5-15/h4-5,8-9,14H,3,6-7,10-12H2,1-2H3,(H,23,24)/t14-/m1/s1. The van der Waals surface area contributed by atoms with Crippen molar-refractivity contribution in [3.63, 3.8) is 0 Å². The molecule has 1 aliphatic rings. The first-order chi connectivity index (χ1) is 12.6. The molecular formula is C21H24N2O2S. The minimum Gasteiger partial charge on any atom is -0.497 e. The highest BCUT2D eigenvalue weighted by Crippen LogP contribution is 2.40. The smallest absolute Gasteiger partial charge is 0.225 e. The van der Waals surface area contributed by atoms with Crippen LogP contribution in [0.15, 0.2) is 24.3 Å². The molecule has 26 heavy (non-hydrogen) atoms. The van der Waals surface area contributed by atoms with Crippen LogP contribution < -0.4 is 10.1 Å². The minimum atomic E-state index is -0.0389. The van der Waals surface area contributed by atoms with E-state index in [0.717, 1.165) is 41.1 Å². The van der Waals surface area contributed by atoms with E-state index in [1.54, 1.807) is 18.4 Å². The Bertz CT molecular complexity index is 818. The molecule has 1 aromatic carbocycles. The highest BCUT2D eigenvalue weighted by atomic mass is 32.1. The molecule has 0 saturated carbocycles. The summed E-state index contributed by atoms with van der Waals surface area (Å²) in [6, 6.07) is 10.1. The van der Waals surface area contributed by atoms with Gasteiger partial charge in [0.2, 0.25) is 5.91 Å². The van der Waals surface area contributed by atoms with Crippen LogP contribution in [0.25, 0.3) is 0 Å². The summed E-state index contributed by atoms with van der Waals surface area (Å²) in [4.78, 5) is 13.7. The van der Waals surface area contributed by atoms with Gasteiger partial charge in [-0.1, -0.05) is 25.5 Å². The number of fused-ring (bicyclic) bond motifs is 1. The third kappa shape index (κ3) is 4.08. The zero-order chi connectivity index (χ0) is 18.5. The average Bonchev–Trinajstić information content (AvgIpc) is 3.02. The van der Waals surface area contributed by atoms with Crippen LogP contribution in [0.4, 0.5) is 5.00 Å². The molecule has 4 nitrogen and oxygen atoms in total. The normalized spacial score (nSPS) is 15.8. The van der Waals surface area contributed by atoms with Crippen LogP contribution in [0.5, 0.6) is 5.75 Å². The first-order valence-electron chi connectivity index (χ1n) is 9.12. The molecule has 0 fully saturated rings. The van der Waals surface area contributed by atoms with Crippen molar-refractivity contribution in [2.45, 2.75) is 45.4 Å². The van der Waals surface area contributed by atoms with Crippen LogP contribution in [0.1, 0.15) is 47.8 Å². The van der Waals surface area contributed by atoms with Gasteiger partial charge in [0.25, 0.3) is 0 Å². The molecule has 3 rings (SSSR count). The van der Waals surface area contributed by atoms with Crippen molar-refractivity contribution in [1.29, 1.82) is 5.26 Å². The summed E-state index contributed by atoms with van der Waals surface area (Å²) in [6.07, 6.45) is 5.36. The van der Waals surface area contributed by atoms with E-state index in [-0.39, 0.29) is 5.91 Å². The summed E-state index contributed by atoms with van der Waals surface area (Å²) in [6.45, 7) is 2.22. The van der Waals surface area contributed by atoms with Gasteiger partial charge in [0, 0.05) is 11.3 Å². The van der Waals surface area contributed by atoms with Crippen molar-refractivity contribution in [1.82, 2.24) is 0 Å². The van der Waals surface area contributed by atoms with E-state index in [1.165, 1.54) is 11.3 Å². The topological polar surface area (TPSA) is 62.1 Å². The number of methoxy groups -OCH3 is 1. The van der Waals surface area contributed by atoms with E-state index in [0.29, 0.717) is 24.3 Å². The van der Waals surface area contributed by atoms with Gasteiger partial charge in [-0.15, -0.1) is 11.3 Å². The largest absolute Gasteiger partial charge is 0.497 e. The van der Waals surface area contributed by atoms with Crippen LogP contribution in [0.2, 0.25) is 0 Å². The van der Waals surface area contributed by atoms with E-state index >= 15 is 0 Å². The quantitative estimate of drug-likeness (QED) is 0.803. The zero-order valence-electron chi connectivity index (χ0n) is 15.3. The Hall–Kier alpha value is -2.32. The molecule has 0 unspecified atom stereocenters. The highest BCUT2D eigenvalue weighted by molar-refractivity contribution is 7.16. The number of nitrogens with zero attached hydrogens (tertiary/aromatic N) is 1. The number of nitrogens with one attached hydrogen (secondary N) is 1. The van der Waals surface area contributed by atoms with Gasteiger partial charge in [0.15, 0.2) is 0 Å². The van der Waals surface area contributed by atoms with Gasteiger partial charge in [0.05, 0.1) is 12.7 Å². The Morgan fingerprint density at radius 3 is 2.81 bits per heavy atom. The van der Waals surface area contributed by atoms with E-state index in [9.17, 15) is 10.1 Å². The van der Waals surface area contributed by atoms with Crippen LogP contribution in [-0.2, 0) is 24.1 Å². The molecule has 0 saturated heterocycles. The monoisotopic (exact) mass is 368 g/mol. The molecule has 5 heteroatoms. The molecular weight excluding hydrogens is 344 g/mol. The van der Waals surface area contributed by atoms with E-state index in [1.807, 2.05) is 24.3 Å². The molecule has 1 atom stereocenters. The molecule has 1 amide bonds. The number of ether oxygens (including phenoxy) is 1. The second kappa shape index (κ2) is 8.37. The van der Waals surface area contributed by atoms with Gasteiger partial charge >= 0.3 is 0 Å². The zero-order valence-corrected chi connectivity index (χ0v) is 16.1. The van der Waals surface area contributed by atoms with Crippen LogP contribution in [0.3, 0.4) is 0 Å². The SMILES string of the molecule is CC[C@@H]1CCc2c(sc(NC(=O)CCc3ccc(OC)cc3)c2C#N)C1. The fraction of sp³-hybridized carbons (Fsp3) is 0.429. The number of carbonyl (C=O) groups is 1. The fourth-order valence-corrected chi connectivity index (χ4v) is 4.78. The molecule has 136 valence electrons. The van der Waals surface area contributed by atoms with Gasteiger partial charge < -0.3 is 10.1 Å². The summed E-state index contributed by atoms with van der Waals surface area (Å²) >= 11 is 1.59. The third-order valence-electron chi connectivity index (χ3n) is 5.11. The molecule has 1 aliphatic carbocycles. The van der Waals surface area contributed by atoms with Crippen LogP contribution in [-0.4, -0.2) is 13.0 Å². The van der Waals surface area contributed by atoms with Gasteiger partial charge in [-0.3, -0.25) is 4.79 Å². The highest BCUT2D eigenvalue weighted by Gasteiger charge is 2.25. The number of amides is 1. The van der Waals surface area contributed by atoms with Gasteiger partial charge in [-0.2, -0.15) is 5.26 Å². The summed E-state index contributed by atoms with van der Waals surface area (Å²) < 4.78 is 5.15. The lowest BCUT2D eigenvalue weighted by Gasteiger charge is -2.20. The number of anilines is 1. The van der Waals surface area contributed by atoms with Crippen molar-refractivity contribution in [2.24, 2.45) is 5.92 Å². The number of carbonyl (C=O) groups excluding carboxylic acids is 1. The Balaban J connectivity index is 1.64. The number of rotatable bonds is 6. The second-order valence-corrected chi connectivity index (χ2v) is 7.84. The van der Waals surface area contributed by atoms with Crippen molar-refractivity contribution < 1.29 is 9.53 Å². The first-order valence-corrected chi connectivity index (χ1v) is 9.93. The van der Waals surface area contributed by atoms with E-state index < -0.39 is 0 Å². The Labute approximate surface area is 158 Å². The van der Waals surface area contributed by atoms with E-state index in [4.69, 9.17) is 4.74 Å². The maximum atomic E-state index is 12.4. The number of hydrogen-bond donors (Lipinski definition) is 1. The Morgan fingerprint density at radius 2 is 2.15 bits per heavy atom. The summed E-state index contributed by atoms with van der Waals surface area (Å²) in [5.41, 5.74) is 2.93. The molecule has 1 aromatic heterocycles. The molecule has 1 N–H and O–H groups in total. The van der Waals surface area contributed by atoms with Crippen molar-refractivity contribution in [3.8, 4) is 11.8 Å². The fourth-order valence-electron chi connectivity index (χ4n) is 3.45. The Kier molecular flexibility index (Phi) is 5.95. The molecule has 0 radical (unpaired) electrons. The summed E-state index contributed by atoms with van der Waals surface area (Å²) in [5, 5.41) is 13.3.